The Morgan fingerprint density at radius 1 is 0.607 bits per heavy atom. The summed E-state index contributed by atoms with van der Waals surface area (Å²) in [6, 6.07) is 20.7. The Labute approximate surface area is 479 Å². The van der Waals surface area contributed by atoms with Crippen molar-refractivity contribution < 1.29 is 45.4 Å². The van der Waals surface area contributed by atoms with Gasteiger partial charge in [-0.2, -0.15) is 36.5 Å². The number of aryl methyl sites for hydroxylation is 5. The molecule has 14 rings (SSSR count). The predicted octanol–water partition coefficient (Wildman–Crippen LogP) is 8.38. The Balaban J connectivity index is 0.000000157. The lowest BCUT2D eigenvalue weighted by Gasteiger charge is -2.42. The lowest BCUT2D eigenvalue weighted by Crippen LogP contribution is -2.49. The van der Waals surface area contributed by atoms with Crippen LogP contribution in [0.4, 0.5) is 49.1 Å². The van der Waals surface area contributed by atoms with Crippen molar-refractivity contribution in [1.29, 1.82) is 0 Å². The fourth-order valence-corrected chi connectivity index (χ4v) is 12.9. The first-order valence-electron chi connectivity index (χ1n) is 27.9. The van der Waals surface area contributed by atoms with E-state index in [1.165, 1.54) is 21.9 Å². The number of hydrogen-bond acceptors (Lipinski definition) is 12. The van der Waals surface area contributed by atoms with Crippen LogP contribution in [0.3, 0.4) is 0 Å². The number of benzene rings is 4. The number of aromatic nitrogens is 10. The van der Waals surface area contributed by atoms with Crippen molar-refractivity contribution in [3.8, 4) is 0 Å². The third-order valence-corrected chi connectivity index (χ3v) is 17.5. The van der Waals surface area contributed by atoms with E-state index < -0.39 is 35.3 Å². The molecule has 2 saturated heterocycles. The number of anilines is 4. The molecule has 436 valence electrons. The molecule has 84 heavy (non-hydrogen) atoms. The van der Waals surface area contributed by atoms with E-state index in [4.69, 9.17) is 9.47 Å². The van der Waals surface area contributed by atoms with Crippen LogP contribution in [-0.4, -0.2) is 100 Å². The van der Waals surface area contributed by atoms with Gasteiger partial charge in [0.1, 0.15) is 24.3 Å². The minimum absolute atomic E-state index is 0.0168. The van der Waals surface area contributed by atoms with Gasteiger partial charge in [-0.15, -0.1) is 20.4 Å². The van der Waals surface area contributed by atoms with E-state index in [-0.39, 0.29) is 59.3 Å². The fraction of sp³-hybridized carbons (Fsp3) is 0.400. The van der Waals surface area contributed by atoms with E-state index in [0.717, 1.165) is 71.2 Å². The SMILES string of the molecule is Cn1cc2c(n1)CCCN2Cc1cc2c(c(C(F)(F)F)c1)CN(c1cccc(C3(Cc4nncn4C)COC3)c1)C2=O.Cn1cnnc1CC1(c2cccc(N3Cc4c(cc(CN5CCCc6c5cnn6C)cc4C(F)(F)F)C3=O)c2)COC1. The number of fused-ring (bicyclic) bond motifs is 4. The summed E-state index contributed by atoms with van der Waals surface area (Å²) in [6.07, 6.45) is 2.42. The van der Waals surface area contributed by atoms with Gasteiger partial charge in [0.15, 0.2) is 0 Å². The Bertz CT molecular complexity index is 3670. The number of ether oxygens (including phenoxy) is 2. The molecule has 2 amide bonds. The van der Waals surface area contributed by atoms with Gasteiger partial charge in [-0.25, -0.2) is 0 Å². The van der Waals surface area contributed by atoms with E-state index in [1.807, 2.05) is 94.4 Å². The van der Waals surface area contributed by atoms with Gasteiger partial charge in [0.25, 0.3) is 11.8 Å². The minimum atomic E-state index is -4.59. The Kier molecular flexibility index (Phi) is 13.5. The van der Waals surface area contributed by atoms with Crippen molar-refractivity contribution in [2.24, 2.45) is 28.2 Å². The zero-order chi connectivity index (χ0) is 58.5. The molecule has 0 unspecified atom stereocenters. The van der Waals surface area contributed by atoms with Crippen LogP contribution in [0.15, 0.2) is 97.8 Å². The summed E-state index contributed by atoms with van der Waals surface area (Å²) < 4.78 is 105. The van der Waals surface area contributed by atoms with Gasteiger partial charge in [0.2, 0.25) is 0 Å². The normalized spacial score (nSPS) is 17.8. The summed E-state index contributed by atoms with van der Waals surface area (Å²) in [5, 5.41) is 25.2. The summed E-state index contributed by atoms with van der Waals surface area (Å²) in [5.74, 6) is 0.760. The van der Waals surface area contributed by atoms with E-state index in [9.17, 15) is 35.9 Å². The summed E-state index contributed by atoms with van der Waals surface area (Å²) in [7, 11) is 7.47. The first kappa shape index (κ1) is 54.8. The van der Waals surface area contributed by atoms with Gasteiger partial charge in [-0.05, 0) is 108 Å². The monoisotopic (exact) mass is 1150 g/mol. The molecule has 4 aromatic carbocycles. The van der Waals surface area contributed by atoms with Gasteiger partial charge < -0.3 is 38.2 Å². The molecule has 0 N–H and O–H groups in total. The quantitative estimate of drug-likeness (QED) is 0.108. The smallest absolute Gasteiger partial charge is 0.379 e. The van der Waals surface area contributed by atoms with E-state index in [1.54, 1.807) is 47.8 Å². The highest BCUT2D eigenvalue weighted by molar-refractivity contribution is 6.11. The lowest BCUT2D eigenvalue weighted by molar-refractivity contribution is -0.139. The van der Waals surface area contributed by atoms with Crippen LogP contribution in [0.1, 0.15) is 101 Å². The van der Waals surface area contributed by atoms with Crippen molar-refractivity contribution in [2.45, 2.75) is 87.9 Å². The summed E-state index contributed by atoms with van der Waals surface area (Å²) >= 11 is 0. The van der Waals surface area contributed by atoms with E-state index in [0.29, 0.717) is 74.9 Å². The number of carbonyl (C=O) groups excluding carboxylic acids is 2. The van der Waals surface area contributed by atoms with Gasteiger partial charge in [-0.3, -0.25) is 19.0 Å². The third-order valence-electron chi connectivity index (χ3n) is 17.5. The highest BCUT2D eigenvalue weighted by Gasteiger charge is 2.46. The largest absolute Gasteiger partial charge is 0.416 e. The molecule has 8 aromatic rings. The number of alkyl halides is 6. The number of carbonyl (C=O) groups is 2. The summed E-state index contributed by atoms with van der Waals surface area (Å²) in [6.45, 7) is 3.59. The molecule has 24 heteroatoms. The third kappa shape index (κ3) is 9.84. The van der Waals surface area contributed by atoms with Crippen molar-refractivity contribution in [3.05, 3.63) is 177 Å². The summed E-state index contributed by atoms with van der Waals surface area (Å²) in [5.41, 5.74) is 5.83. The maximum absolute atomic E-state index is 14.4. The fourth-order valence-electron chi connectivity index (χ4n) is 12.9. The molecule has 18 nitrogen and oxygen atoms in total. The zero-order valence-electron chi connectivity index (χ0n) is 46.7. The zero-order valence-corrected chi connectivity index (χ0v) is 46.7. The highest BCUT2D eigenvalue weighted by Crippen LogP contribution is 2.45. The van der Waals surface area contributed by atoms with Crippen LogP contribution >= 0.6 is 0 Å². The Morgan fingerprint density at radius 3 is 1.55 bits per heavy atom. The van der Waals surface area contributed by atoms with Crippen molar-refractivity contribution in [2.75, 3.05) is 59.1 Å². The standard InChI is InChI=1S/2C30H30F3N7O2/c1-37-18-34-36-27(37)12-29(16-42-17-29)20-5-3-6-21(11-20)40-15-23-22(28(40)41)9-19(10-24(23)30(31,32)33)14-39-8-4-7-25-26(39)13-35-38(25)2;1-37-18-34-35-27(37)12-29(16-42-17-29)20-5-3-6-21(11-20)40-14-23-22(28(40)41)9-19(10-24(23)30(31,32)33)13-39-8-4-7-25-26(39)15-38(2)36-25/h3,5-6,9-11,13,18H,4,7-8,12,14-17H2,1-2H3;3,5-6,9-11,15,18H,4,7-8,12-14,16-17H2,1-2H3. The second-order valence-electron chi connectivity index (χ2n) is 23.1. The van der Waals surface area contributed by atoms with Gasteiger partial charge in [0.05, 0.1) is 79.6 Å². The topological polar surface area (TPSA) is 163 Å². The van der Waals surface area contributed by atoms with Crippen LogP contribution in [-0.2, 0) is 113 Å². The van der Waals surface area contributed by atoms with Crippen molar-refractivity contribution in [1.82, 2.24) is 49.1 Å². The molecule has 0 saturated carbocycles. The molecule has 0 bridgehead atoms. The average Bonchev–Trinajstić information content (AvgIpc) is 2.11. The van der Waals surface area contributed by atoms with Gasteiger partial charge >= 0.3 is 12.4 Å². The second-order valence-corrected chi connectivity index (χ2v) is 23.1. The maximum atomic E-state index is 14.4. The van der Waals surface area contributed by atoms with Gasteiger partial charge in [0, 0.05) is 107 Å². The first-order valence-corrected chi connectivity index (χ1v) is 27.9. The number of hydrogen-bond donors (Lipinski definition) is 0. The highest BCUT2D eigenvalue weighted by atomic mass is 19.4. The van der Waals surface area contributed by atoms with E-state index >= 15 is 0 Å². The lowest BCUT2D eigenvalue weighted by atomic mass is 9.75. The van der Waals surface area contributed by atoms with E-state index in [2.05, 4.69) is 30.6 Å². The molecule has 6 aliphatic rings. The molecule has 10 heterocycles. The number of rotatable bonds is 12. The van der Waals surface area contributed by atoms with Gasteiger partial charge in [-0.1, -0.05) is 24.3 Å². The average molecular weight is 1160 g/mol. The van der Waals surface area contributed by atoms with Crippen LogP contribution in [0, 0.1) is 0 Å². The van der Waals surface area contributed by atoms with Crippen molar-refractivity contribution >= 4 is 34.6 Å². The molecular formula is C60H60F6N14O4. The Morgan fingerprint density at radius 2 is 1.10 bits per heavy atom. The molecule has 4 aromatic heterocycles. The second kappa shape index (κ2) is 20.7. The molecule has 0 spiro atoms. The summed E-state index contributed by atoms with van der Waals surface area (Å²) in [4.78, 5) is 34.5. The van der Waals surface area contributed by atoms with Crippen LogP contribution in [0.5, 0.6) is 0 Å². The number of halogens is 6. The van der Waals surface area contributed by atoms with Crippen LogP contribution in [0.25, 0.3) is 0 Å². The number of amides is 2. The first-order chi connectivity index (χ1) is 40.2. The van der Waals surface area contributed by atoms with Crippen LogP contribution < -0.4 is 19.6 Å². The van der Waals surface area contributed by atoms with Crippen LogP contribution in [0.2, 0.25) is 0 Å². The van der Waals surface area contributed by atoms with Crippen molar-refractivity contribution in [3.63, 3.8) is 0 Å². The molecule has 2 fully saturated rings. The molecule has 6 aliphatic heterocycles. The Hall–Kier alpha value is -8.38. The number of nitrogens with zero attached hydrogens (tertiary/aromatic N) is 14. The molecule has 0 aliphatic carbocycles. The maximum Gasteiger partial charge on any atom is 0.416 e. The predicted molar refractivity (Wildman–Crippen MR) is 296 cm³/mol. The molecular weight excluding hydrogens is 1090 g/mol. The molecule has 0 radical (unpaired) electrons. The minimum Gasteiger partial charge on any atom is -0.379 e. The molecule has 0 atom stereocenters.